The first kappa shape index (κ1) is 12.3. The van der Waals surface area contributed by atoms with Crippen LogP contribution < -0.4 is 0 Å². The molecule has 0 bridgehead atoms. The fourth-order valence-corrected chi connectivity index (χ4v) is 1.86. The molecule has 0 N–H and O–H groups in total. The molecule has 86 valence electrons. The Bertz CT molecular complexity index is 450. The minimum atomic E-state index is -0.511. The van der Waals surface area contributed by atoms with E-state index >= 15 is 0 Å². The Morgan fingerprint density at radius 2 is 2.00 bits per heavy atom. The van der Waals surface area contributed by atoms with Crippen molar-refractivity contribution in [3.63, 3.8) is 0 Å². The lowest BCUT2D eigenvalue weighted by Gasteiger charge is -1.99. The summed E-state index contributed by atoms with van der Waals surface area (Å²) in [4.78, 5) is 20.7. The van der Waals surface area contributed by atoms with Crippen LogP contribution in [0.4, 0.5) is 5.00 Å². The van der Waals surface area contributed by atoms with E-state index in [0.717, 1.165) is 11.3 Å². The molecule has 0 unspecified atom stereocenters. The standard InChI is InChI=1S/C9H10N2O4S/c1-6(2)8(10(12)13)5-7-3-4-9(16-7)11(14)15/h3-6H,1-2H3/b8-5-. The summed E-state index contributed by atoms with van der Waals surface area (Å²) < 4.78 is 0. The summed E-state index contributed by atoms with van der Waals surface area (Å²) in [6.07, 6.45) is 1.38. The van der Waals surface area contributed by atoms with E-state index in [1.807, 2.05) is 0 Å². The summed E-state index contributed by atoms with van der Waals surface area (Å²) in [5, 5.41) is 21.1. The summed E-state index contributed by atoms with van der Waals surface area (Å²) in [5.74, 6) is -0.226. The van der Waals surface area contributed by atoms with Crippen molar-refractivity contribution in [2.75, 3.05) is 0 Å². The molecule has 0 aliphatic heterocycles. The lowest BCUT2D eigenvalue weighted by atomic mass is 10.1. The molecule has 0 aromatic carbocycles. The minimum absolute atomic E-state index is 0.0160. The Kier molecular flexibility index (Phi) is 3.73. The van der Waals surface area contributed by atoms with Crippen LogP contribution in [-0.2, 0) is 0 Å². The molecule has 0 aliphatic carbocycles. The van der Waals surface area contributed by atoms with Crippen molar-refractivity contribution in [2.45, 2.75) is 13.8 Å². The molecule has 0 spiro atoms. The van der Waals surface area contributed by atoms with Crippen molar-refractivity contribution < 1.29 is 9.85 Å². The average molecular weight is 242 g/mol. The van der Waals surface area contributed by atoms with Gasteiger partial charge >= 0.3 is 5.00 Å². The molecular weight excluding hydrogens is 232 g/mol. The number of nitro groups is 2. The molecule has 0 amide bonds. The molecule has 16 heavy (non-hydrogen) atoms. The van der Waals surface area contributed by atoms with Crippen molar-refractivity contribution in [1.29, 1.82) is 0 Å². The second kappa shape index (κ2) is 4.84. The zero-order valence-corrected chi connectivity index (χ0v) is 9.56. The van der Waals surface area contributed by atoms with Gasteiger partial charge in [-0.1, -0.05) is 25.2 Å². The van der Waals surface area contributed by atoms with Gasteiger partial charge in [0, 0.05) is 22.9 Å². The van der Waals surface area contributed by atoms with Gasteiger partial charge in [0.1, 0.15) is 0 Å². The van der Waals surface area contributed by atoms with Crippen molar-refractivity contribution in [2.24, 2.45) is 5.92 Å². The normalized spacial score (nSPS) is 11.8. The van der Waals surface area contributed by atoms with Gasteiger partial charge in [-0.05, 0) is 6.07 Å². The van der Waals surface area contributed by atoms with Crippen molar-refractivity contribution >= 4 is 22.4 Å². The minimum Gasteiger partial charge on any atom is -0.259 e. The third-order valence-electron chi connectivity index (χ3n) is 1.89. The Morgan fingerprint density at radius 1 is 1.38 bits per heavy atom. The Labute approximate surface area is 95.5 Å². The van der Waals surface area contributed by atoms with Gasteiger partial charge < -0.3 is 0 Å². The number of thiophene rings is 1. The fraction of sp³-hybridized carbons (Fsp3) is 0.333. The molecule has 0 saturated carbocycles. The van der Waals surface area contributed by atoms with Gasteiger partial charge in [0.25, 0.3) is 0 Å². The molecule has 7 heteroatoms. The van der Waals surface area contributed by atoms with Crippen LogP contribution in [-0.4, -0.2) is 9.85 Å². The first-order chi connectivity index (χ1) is 7.41. The largest absolute Gasteiger partial charge is 0.324 e. The molecule has 0 aliphatic rings. The van der Waals surface area contributed by atoms with Gasteiger partial charge in [-0.2, -0.15) is 0 Å². The Morgan fingerprint density at radius 3 is 2.38 bits per heavy atom. The average Bonchev–Trinajstić information content (AvgIpc) is 2.61. The van der Waals surface area contributed by atoms with Gasteiger partial charge in [0.2, 0.25) is 5.70 Å². The van der Waals surface area contributed by atoms with E-state index in [4.69, 9.17) is 0 Å². The monoisotopic (exact) mass is 242 g/mol. The molecule has 6 nitrogen and oxygen atoms in total. The third kappa shape index (κ3) is 2.86. The number of hydrogen-bond donors (Lipinski definition) is 0. The first-order valence-corrected chi connectivity index (χ1v) is 5.33. The van der Waals surface area contributed by atoms with Crippen LogP contribution >= 0.6 is 11.3 Å². The van der Waals surface area contributed by atoms with E-state index in [0.29, 0.717) is 4.88 Å². The predicted octanol–water partition coefficient (Wildman–Crippen LogP) is 2.93. The van der Waals surface area contributed by atoms with Crippen LogP contribution in [0.15, 0.2) is 17.8 Å². The summed E-state index contributed by atoms with van der Waals surface area (Å²) in [6, 6.07) is 2.85. The second-order valence-electron chi connectivity index (χ2n) is 3.41. The smallest absolute Gasteiger partial charge is 0.259 e. The maximum Gasteiger partial charge on any atom is 0.324 e. The maximum atomic E-state index is 10.7. The highest BCUT2D eigenvalue weighted by molar-refractivity contribution is 7.16. The van der Waals surface area contributed by atoms with Gasteiger partial charge in [-0.25, -0.2) is 0 Å². The van der Waals surface area contributed by atoms with Crippen LogP contribution in [0.5, 0.6) is 0 Å². The quantitative estimate of drug-likeness (QED) is 0.600. The van der Waals surface area contributed by atoms with Crippen LogP contribution in [0, 0.1) is 26.1 Å². The van der Waals surface area contributed by atoms with Crippen LogP contribution in [0.2, 0.25) is 0 Å². The van der Waals surface area contributed by atoms with Gasteiger partial charge in [0.15, 0.2) is 0 Å². The molecule has 0 fully saturated rings. The molecule has 0 atom stereocenters. The number of nitrogens with zero attached hydrogens (tertiary/aromatic N) is 2. The lowest BCUT2D eigenvalue weighted by molar-refractivity contribution is -0.431. The zero-order valence-electron chi connectivity index (χ0n) is 8.75. The second-order valence-corrected chi connectivity index (χ2v) is 4.51. The Balaban J connectivity index is 3.04. The van der Waals surface area contributed by atoms with Gasteiger partial charge in [-0.3, -0.25) is 20.2 Å². The number of allylic oxidation sites excluding steroid dienone is 1. The van der Waals surface area contributed by atoms with Crippen LogP contribution in [0.1, 0.15) is 18.7 Å². The van der Waals surface area contributed by atoms with Crippen molar-refractivity contribution in [1.82, 2.24) is 0 Å². The van der Waals surface area contributed by atoms with Crippen LogP contribution in [0.25, 0.3) is 6.08 Å². The molecular formula is C9H10N2O4S. The highest BCUT2D eigenvalue weighted by Crippen LogP contribution is 2.27. The number of hydrogen-bond acceptors (Lipinski definition) is 5. The van der Waals surface area contributed by atoms with E-state index < -0.39 is 9.85 Å². The summed E-state index contributed by atoms with van der Waals surface area (Å²) in [7, 11) is 0. The lowest BCUT2D eigenvalue weighted by Crippen LogP contribution is -2.04. The number of rotatable bonds is 4. The van der Waals surface area contributed by atoms with E-state index in [2.05, 4.69) is 0 Å². The van der Waals surface area contributed by atoms with E-state index in [1.165, 1.54) is 18.2 Å². The summed E-state index contributed by atoms with van der Waals surface area (Å²) in [5.41, 5.74) is 0.0525. The molecule has 0 radical (unpaired) electrons. The first-order valence-electron chi connectivity index (χ1n) is 4.52. The fourth-order valence-electron chi connectivity index (χ4n) is 1.09. The highest BCUT2D eigenvalue weighted by Gasteiger charge is 2.17. The highest BCUT2D eigenvalue weighted by atomic mass is 32.1. The zero-order chi connectivity index (χ0) is 12.3. The van der Waals surface area contributed by atoms with Gasteiger partial charge in [0.05, 0.1) is 9.85 Å². The Hall–Kier alpha value is -1.76. The summed E-state index contributed by atoms with van der Waals surface area (Å²) in [6.45, 7) is 3.41. The van der Waals surface area contributed by atoms with E-state index in [1.54, 1.807) is 13.8 Å². The van der Waals surface area contributed by atoms with Gasteiger partial charge in [-0.15, -0.1) is 0 Å². The van der Waals surface area contributed by atoms with E-state index in [9.17, 15) is 20.2 Å². The topological polar surface area (TPSA) is 86.3 Å². The molecule has 1 aromatic heterocycles. The molecule has 1 aromatic rings. The maximum absolute atomic E-state index is 10.7. The van der Waals surface area contributed by atoms with E-state index in [-0.39, 0.29) is 16.6 Å². The molecule has 0 saturated heterocycles. The molecule has 1 rings (SSSR count). The van der Waals surface area contributed by atoms with Crippen LogP contribution in [0.3, 0.4) is 0 Å². The SMILES string of the molecule is CC(C)/C(=C/c1ccc([N+](=O)[O-])s1)[N+](=O)[O-]. The molecule has 1 heterocycles. The third-order valence-corrected chi connectivity index (χ3v) is 2.87. The van der Waals surface area contributed by atoms with Crippen molar-refractivity contribution in [3.05, 3.63) is 42.9 Å². The van der Waals surface area contributed by atoms with Crippen molar-refractivity contribution in [3.8, 4) is 0 Å². The predicted molar refractivity (Wildman–Crippen MR) is 60.8 cm³/mol. The summed E-state index contributed by atoms with van der Waals surface area (Å²) >= 11 is 0.924.